The van der Waals surface area contributed by atoms with Crippen LogP contribution in [-0.4, -0.2) is 36.1 Å². The van der Waals surface area contributed by atoms with E-state index in [4.69, 9.17) is 4.74 Å². The summed E-state index contributed by atoms with van der Waals surface area (Å²) in [6.45, 7) is 5.93. The fourth-order valence-electron chi connectivity index (χ4n) is 2.61. The van der Waals surface area contributed by atoms with Crippen LogP contribution in [-0.2, 0) is 9.53 Å². The lowest BCUT2D eigenvalue weighted by molar-refractivity contribution is -0.384. The van der Waals surface area contributed by atoms with Gasteiger partial charge in [0, 0.05) is 20.0 Å². The number of ether oxygens (including phenoxy) is 1. The van der Waals surface area contributed by atoms with Gasteiger partial charge in [-0.05, 0) is 19.9 Å². The highest BCUT2D eigenvalue weighted by Gasteiger charge is 2.27. The number of hydrogen-bond donors (Lipinski definition) is 1. The second-order valence-electron chi connectivity index (χ2n) is 5.42. The molecule has 120 valence electrons. The van der Waals surface area contributed by atoms with E-state index in [1.54, 1.807) is 4.90 Å². The molecule has 22 heavy (non-hydrogen) atoms. The number of nitrogens with one attached hydrogen (secondary N) is 1. The maximum Gasteiger partial charge on any atom is 0.295 e. The molecule has 8 heteroatoms. The summed E-state index contributed by atoms with van der Waals surface area (Å²) in [6, 6.07) is 2.14. The summed E-state index contributed by atoms with van der Waals surface area (Å²) < 4.78 is 19.9. The van der Waals surface area contributed by atoms with E-state index < -0.39 is 22.3 Å². The SMILES string of the molecule is CC(=O)Nc1cc(N2C[C@@H](C)O[C@@H](C)C2)c(F)cc1[N+](=O)[O-]. The van der Waals surface area contributed by atoms with E-state index in [-0.39, 0.29) is 23.6 Å². The molecular formula is C14H18FN3O4. The molecule has 0 saturated carbocycles. The van der Waals surface area contributed by atoms with E-state index in [1.807, 2.05) is 13.8 Å². The number of morpholine rings is 1. The number of carbonyl (C=O) groups excluding carboxylic acids is 1. The zero-order valence-electron chi connectivity index (χ0n) is 12.6. The Labute approximate surface area is 127 Å². The Kier molecular flexibility index (Phi) is 4.60. The van der Waals surface area contributed by atoms with Crippen LogP contribution >= 0.6 is 0 Å². The molecule has 1 saturated heterocycles. The van der Waals surface area contributed by atoms with Crippen LogP contribution in [0.5, 0.6) is 0 Å². The molecule has 1 N–H and O–H groups in total. The van der Waals surface area contributed by atoms with Crippen LogP contribution in [0, 0.1) is 15.9 Å². The molecule has 1 aliphatic heterocycles. The van der Waals surface area contributed by atoms with Crippen molar-refractivity contribution in [3.8, 4) is 0 Å². The van der Waals surface area contributed by atoms with Crippen molar-refractivity contribution in [2.24, 2.45) is 0 Å². The Bertz CT molecular complexity index is 598. The molecule has 0 radical (unpaired) electrons. The second-order valence-corrected chi connectivity index (χ2v) is 5.42. The minimum Gasteiger partial charge on any atom is -0.372 e. The Morgan fingerprint density at radius 2 is 2.00 bits per heavy atom. The number of nitro benzene ring substituents is 1. The molecule has 7 nitrogen and oxygen atoms in total. The third-order valence-electron chi connectivity index (χ3n) is 3.33. The first-order valence-corrected chi connectivity index (χ1v) is 6.94. The van der Waals surface area contributed by atoms with Gasteiger partial charge in [-0.1, -0.05) is 0 Å². The summed E-state index contributed by atoms with van der Waals surface area (Å²) in [7, 11) is 0. The van der Waals surface area contributed by atoms with Crippen LogP contribution in [0.15, 0.2) is 12.1 Å². The number of halogens is 1. The molecule has 0 aromatic heterocycles. The quantitative estimate of drug-likeness (QED) is 0.684. The molecule has 1 aromatic carbocycles. The van der Waals surface area contributed by atoms with Crippen molar-refractivity contribution in [1.82, 2.24) is 0 Å². The van der Waals surface area contributed by atoms with Gasteiger partial charge in [0.2, 0.25) is 5.91 Å². The lowest BCUT2D eigenvalue weighted by Gasteiger charge is -2.37. The van der Waals surface area contributed by atoms with Crippen LogP contribution < -0.4 is 10.2 Å². The average molecular weight is 311 g/mol. The van der Waals surface area contributed by atoms with Gasteiger partial charge in [0.1, 0.15) is 5.69 Å². The topological polar surface area (TPSA) is 84.7 Å². The summed E-state index contributed by atoms with van der Waals surface area (Å²) in [5, 5.41) is 13.4. The number of benzene rings is 1. The van der Waals surface area contributed by atoms with E-state index in [0.29, 0.717) is 13.1 Å². The first kappa shape index (κ1) is 16.2. The van der Waals surface area contributed by atoms with Gasteiger partial charge in [0.05, 0.1) is 28.9 Å². The number of hydrogen-bond acceptors (Lipinski definition) is 5. The van der Waals surface area contributed by atoms with Crippen LogP contribution in [0.25, 0.3) is 0 Å². The second kappa shape index (κ2) is 6.27. The van der Waals surface area contributed by atoms with E-state index in [0.717, 1.165) is 6.07 Å². The predicted molar refractivity (Wildman–Crippen MR) is 79.6 cm³/mol. The first-order valence-electron chi connectivity index (χ1n) is 6.94. The average Bonchev–Trinajstić information content (AvgIpc) is 2.38. The molecule has 1 fully saturated rings. The van der Waals surface area contributed by atoms with Crippen molar-refractivity contribution in [2.75, 3.05) is 23.3 Å². The van der Waals surface area contributed by atoms with Crippen molar-refractivity contribution in [1.29, 1.82) is 0 Å². The Balaban J connectivity index is 2.43. The largest absolute Gasteiger partial charge is 0.372 e. The molecule has 1 amide bonds. The van der Waals surface area contributed by atoms with Gasteiger partial charge in [0.25, 0.3) is 5.69 Å². The minimum atomic E-state index is -0.720. The molecule has 1 aliphatic rings. The highest BCUT2D eigenvalue weighted by atomic mass is 19.1. The number of nitrogens with zero attached hydrogens (tertiary/aromatic N) is 2. The number of rotatable bonds is 3. The van der Waals surface area contributed by atoms with Gasteiger partial charge in [-0.25, -0.2) is 4.39 Å². The summed E-state index contributed by atoms with van der Waals surface area (Å²) in [5.41, 5.74) is -0.261. The van der Waals surface area contributed by atoms with Crippen LogP contribution in [0.1, 0.15) is 20.8 Å². The summed E-state index contributed by atoms with van der Waals surface area (Å²) >= 11 is 0. The third kappa shape index (κ3) is 3.51. The van der Waals surface area contributed by atoms with Crippen molar-refractivity contribution in [3.05, 3.63) is 28.1 Å². The Morgan fingerprint density at radius 1 is 1.41 bits per heavy atom. The smallest absolute Gasteiger partial charge is 0.295 e. The van der Waals surface area contributed by atoms with Gasteiger partial charge in [-0.2, -0.15) is 0 Å². The van der Waals surface area contributed by atoms with Gasteiger partial charge in [-0.3, -0.25) is 14.9 Å². The van der Waals surface area contributed by atoms with Crippen LogP contribution in [0.3, 0.4) is 0 Å². The highest BCUT2D eigenvalue weighted by molar-refractivity contribution is 5.92. The summed E-state index contributed by atoms with van der Waals surface area (Å²) in [6.07, 6.45) is -0.162. The number of nitro groups is 1. The van der Waals surface area contributed by atoms with Gasteiger partial charge < -0.3 is 15.0 Å². The molecular weight excluding hydrogens is 293 g/mol. The molecule has 0 spiro atoms. The molecule has 2 atom stereocenters. The summed E-state index contributed by atoms with van der Waals surface area (Å²) in [4.78, 5) is 23.3. The van der Waals surface area contributed by atoms with Gasteiger partial charge >= 0.3 is 0 Å². The fourth-order valence-corrected chi connectivity index (χ4v) is 2.61. The third-order valence-corrected chi connectivity index (χ3v) is 3.33. The molecule has 2 rings (SSSR count). The van der Waals surface area contributed by atoms with E-state index in [1.165, 1.54) is 13.0 Å². The van der Waals surface area contributed by atoms with E-state index >= 15 is 0 Å². The van der Waals surface area contributed by atoms with Crippen molar-refractivity contribution >= 4 is 23.0 Å². The number of amides is 1. The number of anilines is 2. The molecule has 0 aliphatic carbocycles. The van der Waals surface area contributed by atoms with Crippen molar-refractivity contribution in [3.63, 3.8) is 0 Å². The maximum atomic E-state index is 14.3. The predicted octanol–water partition coefficient (Wildman–Crippen LogP) is 2.31. The minimum absolute atomic E-state index is 0.0132. The fraction of sp³-hybridized carbons (Fsp3) is 0.500. The number of carbonyl (C=O) groups is 1. The molecule has 1 aromatic rings. The maximum absolute atomic E-state index is 14.3. The van der Waals surface area contributed by atoms with Crippen LogP contribution in [0.2, 0.25) is 0 Å². The normalized spacial score (nSPS) is 21.5. The zero-order chi connectivity index (χ0) is 16.4. The zero-order valence-corrected chi connectivity index (χ0v) is 12.6. The lowest BCUT2D eigenvalue weighted by Crippen LogP contribution is -2.45. The van der Waals surface area contributed by atoms with E-state index in [2.05, 4.69) is 5.32 Å². The molecule has 0 unspecified atom stereocenters. The highest BCUT2D eigenvalue weighted by Crippen LogP contribution is 2.33. The molecule has 1 heterocycles. The van der Waals surface area contributed by atoms with Crippen molar-refractivity contribution in [2.45, 2.75) is 33.0 Å². The van der Waals surface area contributed by atoms with Gasteiger partial charge in [0.15, 0.2) is 5.82 Å². The van der Waals surface area contributed by atoms with Crippen molar-refractivity contribution < 1.29 is 18.8 Å². The standard InChI is InChI=1S/C14H18FN3O4/c1-8-6-17(7-9(2)22-8)13-5-12(16-10(3)19)14(18(20)21)4-11(13)15/h4-5,8-9H,6-7H2,1-3H3,(H,16,19)/t8-,9+. The molecule has 0 bridgehead atoms. The monoisotopic (exact) mass is 311 g/mol. The Hall–Kier alpha value is -2.22. The van der Waals surface area contributed by atoms with E-state index in [9.17, 15) is 19.3 Å². The van der Waals surface area contributed by atoms with Gasteiger partial charge in [-0.15, -0.1) is 0 Å². The first-order chi connectivity index (χ1) is 10.3. The summed E-state index contributed by atoms with van der Waals surface area (Å²) in [5.74, 6) is -1.15. The van der Waals surface area contributed by atoms with Crippen LogP contribution in [0.4, 0.5) is 21.5 Å². The lowest BCUT2D eigenvalue weighted by atomic mass is 10.1. The Morgan fingerprint density at radius 3 is 2.50 bits per heavy atom.